The van der Waals surface area contributed by atoms with Gasteiger partial charge in [0.1, 0.15) is 0 Å². The third-order valence-corrected chi connectivity index (χ3v) is 4.56. The van der Waals surface area contributed by atoms with Crippen LogP contribution in [0.25, 0.3) is 11.1 Å². The van der Waals surface area contributed by atoms with Crippen molar-refractivity contribution >= 4 is 5.69 Å². The van der Waals surface area contributed by atoms with Gasteiger partial charge in [-0.15, -0.1) is 0 Å². The SMILES string of the molecule is Cc1ccc(-c2cccc(Cc3cc(C)c([N+](=O)[O-])cc3C)c2)cc1. The van der Waals surface area contributed by atoms with Crippen molar-refractivity contribution < 1.29 is 4.92 Å². The number of nitro benzene ring substituents is 1. The van der Waals surface area contributed by atoms with E-state index >= 15 is 0 Å². The van der Waals surface area contributed by atoms with Crippen molar-refractivity contribution in [1.29, 1.82) is 0 Å². The predicted octanol–water partition coefficient (Wildman–Crippen LogP) is 5.78. The normalized spacial score (nSPS) is 10.7. The second-order valence-electron chi connectivity index (χ2n) is 6.57. The molecule has 0 fully saturated rings. The van der Waals surface area contributed by atoms with Crippen LogP contribution in [0.4, 0.5) is 5.69 Å². The van der Waals surface area contributed by atoms with Gasteiger partial charge >= 0.3 is 0 Å². The smallest absolute Gasteiger partial charge is 0.258 e. The third kappa shape index (κ3) is 3.77. The van der Waals surface area contributed by atoms with E-state index in [1.165, 1.54) is 22.3 Å². The highest BCUT2D eigenvalue weighted by molar-refractivity contribution is 5.64. The molecule has 0 saturated carbocycles. The van der Waals surface area contributed by atoms with Crippen LogP contribution in [0.1, 0.15) is 27.8 Å². The molecule has 0 aliphatic heterocycles. The molecule has 0 aliphatic carbocycles. The average Bonchev–Trinajstić information content (AvgIpc) is 2.58. The molecular formula is C22H21NO2. The third-order valence-electron chi connectivity index (χ3n) is 4.56. The summed E-state index contributed by atoms with van der Waals surface area (Å²) in [6.45, 7) is 5.81. The monoisotopic (exact) mass is 331 g/mol. The molecule has 3 nitrogen and oxygen atoms in total. The first-order valence-electron chi connectivity index (χ1n) is 8.34. The molecule has 0 aromatic heterocycles. The van der Waals surface area contributed by atoms with Crippen molar-refractivity contribution in [2.24, 2.45) is 0 Å². The molecule has 25 heavy (non-hydrogen) atoms. The molecule has 0 atom stereocenters. The van der Waals surface area contributed by atoms with E-state index < -0.39 is 0 Å². The Hall–Kier alpha value is -2.94. The molecule has 0 saturated heterocycles. The van der Waals surface area contributed by atoms with Crippen molar-refractivity contribution in [1.82, 2.24) is 0 Å². The van der Waals surface area contributed by atoms with Gasteiger partial charge in [-0.2, -0.15) is 0 Å². The fourth-order valence-corrected chi connectivity index (χ4v) is 3.07. The van der Waals surface area contributed by atoms with Gasteiger partial charge in [0.15, 0.2) is 0 Å². The highest BCUT2D eigenvalue weighted by atomic mass is 16.6. The molecular weight excluding hydrogens is 310 g/mol. The Labute approximate surface area is 148 Å². The zero-order chi connectivity index (χ0) is 18.0. The van der Waals surface area contributed by atoms with Gasteiger partial charge < -0.3 is 0 Å². The van der Waals surface area contributed by atoms with E-state index in [1.54, 1.807) is 13.0 Å². The first kappa shape index (κ1) is 16.9. The van der Waals surface area contributed by atoms with Crippen LogP contribution in [0.3, 0.4) is 0 Å². The minimum atomic E-state index is -0.315. The molecule has 0 aliphatic rings. The fourth-order valence-electron chi connectivity index (χ4n) is 3.07. The molecule has 0 radical (unpaired) electrons. The molecule has 0 unspecified atom stereocenters. The molecule has 0 N–H and O–H groups in total. The van der Waals surface area contributed by atoms with Crippen LogP contribution >= 0.6 is 0 Å². The number of nitro groups is 1. The van der Waals surface area contributed by atoms with Crippen molar-refractivity contribution in [3.05, 3.63) is 98.6 Å². The first-order chi connectivity index (χ1) is 11.9. The molecule has 0 spiro atoms. The topological polar surface area (TPSA) is 43.1 Å². The van der Waals surface area contributed by atoms with Crippen LogP contribution in [-0.4, -0.2) is 4.92 Å². The van der Waals surface area contributed by atoms with Crippen LogP contribution < -0.4 is 0 Å². The lowest BCUT2D eigenvalue weighted by Crippen LogP contribution is -1.98. The van der Waals surface area contributed by atoms with Crippen LogP contribution in [-0.2, 0) is 6.42 Å². The molecule has 0 heterocycles. The van der Waals surface area contributed by atoms with Crippen LogP contribution in [0.15, 0.2) is 60.7 Å². The standard InChI is InChI=1S/C22H21NO2/c1-15-7-9-19(10-8-15)20-6-4-5-18(13-20)14-21-11-17(3)22(23(24)25)12-16(21)2/h4-13H,14H2,1-3H3. The van der Waals surface area contributed by atoms with Crippen molar-refractivity contribution in [2.75, 3.05) is 0 Å². The lowest BCUT2D eigenvalue weighted by Gasteiger charge is -2.10. The Morgan fingerprint density at radius 3 is 2.24 bits per heavy atom. The summed E-state index contributed by atoms with van der Waals surface area (Å²) in [4.78, 5) is 10.8. The number of nitrogens with zero attached hydrogens (tertiary/aromatic N) is 1. The van der Waals surface area contributed by atoms with Crippen molar-refractivity contribution in [3.8, 4) is 11.1 Å². The minimum absolute atomic E-state index is 0.189. The van der Waals surface area contributed by atoms with Gasteiger partial charge in [0, 0.05) is 11.6 Å². The van der Waals surface area contributed by atoms with E-state index in [1.807, 2.05) is 13.0 Å². The van der Waals surface area contributed by atoms with Crippen molar-refractivity contribution in [3.63, 3.8) is 0 Å². The van der Waals surface area contributed by atoms with E-state index in [9.17, 15) is 10.1 Å². The fraction of sp³-hybridized carbons (Fsp3) is 0.182. The Kier molecular flexibility index (Phi) is 4.66. The highest BCUT2D eigenvalue weighted by Crippen LogP contribution is 2.26. The second-order valence-corrected chi connectivity index (χ2v) is 6.57. The van der Waals surface area contributed by atoms with Crippen LogP contribution in [0, 0.1) is 30.9 Å². The van der Waals surface area contributed by atoms with Gasteiger partial charge in [-0.1, -0.05) is 54.1 Å². The van der Waals surface area contributed by atoms with E-state index in [0.29, 0.717) is 5.56 Å². The Morgan fingerprint density at radius 1 is 0.840 bits per heavy atom. The number of rotatable bonds is 4. The summed E-state index contributed by atoms with van der Waals surface area (Å²) in [6, 6.07) is 20.6. The summed E-state index contributed by atoms with van der Waals surface area (Å²) in [5, 5.41) is 11.1. The maximum atomic E-state index is 11.1. The van der Waals surface area contributed by atoms with Gasteiger partial charge in [0.25, 0.3) is 5.69 Å². The van der Waals surface area contributed by atoms with Gasteiger partial charge in [0.2, 0.25) is 0 Å². The summed E-state index contributed by atoms with van der Waals surface area (Å²) in [5.74, 6) is 0. The lowest BCUT2D eigenvalue weighted by atomic mass is 9.95. The molecule has 3 aromatic rings. The quantitative estimate of drug-likeness (QED) is 0.449. The summed E-state index contributed by atoms with van der Waals surface area (Å²) in [6.07, 6.45) is 0.768. The largest absolute Gasteiger partial charge is 0.272 e. The summed E-state index contributed by atoms with van der Waals surface area (Å²) < 4.78 is 0. The number of benzene rings is 3. The van der Waals surface area contributed by atoms with Crippen LogP contribution in [0.5, 0.6) is 0 Å². The Bertz CT molecular complexity index is 927. The van der Waals surface area contributed by atoms with Crippen LogP contribution in [0.2, 0.25) is 0 Å². The lowest BCUT2D eigenvalue weighted by molar-refractivity contribution is -0.385. The van der Waals surface area contributed by atoms with E-state index in [2.05, 4.69) is 55.5 Å². The number of hydrogen-bond donors (Lipinski definition) is 0. The molecule has 3 heteroatoms. The molecule has 3 rings (SSSR count). The van der Waals surface area contributed by atoms with E-state index in [0.717, 1.165) is 17.5 Å². The Balaban J connectivity index is 1.91. The zero-order valence-corrected chi connectivity index (χ0v) is 14.7. The maximum absolute atomic E-state index is 11.1. The summed E-state index contributed by atoms with van der Waals surface area (Å²) in [7, 11) is 0. The van der Waals surface area contributed by atoms with E-state index in [-0.39, 0.29) is 10.6 Å². The summed E-state index contributed by atoms with van der Waals surface area (Å²) >= 11 is 0. The Morgan fingerprint density at radius 2 is 1.56 bits per heavy atom. The molecule has 3 aromatic carbocycles. The zero-order valence-electron chi connectivity index (χ0n) is 14.7. The number of aryl methyl sites for hydroxylation is 3. The van der Waals surface area contributed by atoms with Gasteiger partial charge in [-0.25, -0.2) is 0 Å². The second kappa shape index (κ2) is 6.89. The average molecular weight is 331 g/mol. The predicted molar refractivity (Wildman–Crippen MR) is 102 cm³/mol. The molecule has 126 valence electrons. The first-order valence-corrected chi connectivity index (χ1v) is 8.34. The minimum Gasteiger partial charge on any atom is -0.258 e. The maximum Gasteiger partial charge on any atom is 0.272 e. The molecule has 0 bridgehead atoms. The molecule has 0 amide bonds. The van der Waals surface area contributed by atoms with Gasteiger partial charge in [-0.3, -0.25) is 10.1 Å². The summed E-state index contributed by atoms with van der Waals surface area (Å²) in [5.41, 5.74) is 7.82. The van der Waals surface area contributed by atoms with Gasteiger partial charge in [0.05, 0.1) is 4.92 Å². The van der Waals surface area contributed by atoms with Crippen molar-refractivity contribution in [2.45, 2.75) is 27.2 Å². The number of hydrogen-bond acceptors (Lipinski definition) is 2. The highest BCUT2D eigenvalue weighted by Gasteiger charge is 2.13. The van der Waals surface area contributed by atoms with E-state index in [4.69, 9.17) is 0 Å². The van der Waals surface area contributed by atoms with Gasteiger partial charge in [-0.05, 0) is 61.1 Å².